The third-order valence-corrected chi connectivity index (χ3v) is 4.41. The predicted octanol–water partition coefficient (Wildman–Crippen LogP) is 3.60. The van der Waals surface area contributed by atoms with Gasteiger partial charge in [-0.1, -0.05) is 53.1 Å². The van der Waals surface area contributed by atoms with Gasteiger partial charge in [0.05, 0.1) is 11.3 Å². The third kappa shape index (κ3) is 8.52. The van der Waals surface area contributed by atoms with E-state index in [2.05, 4.69) is 66.3 Å². The molecule has 2 N–H and O–H groups in total. The van der Waals surface area contributed by atoms with E-state index in [4.69, 9.17) is 11.6 Å². The van der Waals surface area contributed by atoms with Crippen LogP contribution in [0.25, 0.3) is 11.0 Å². The molecule has 0 aromatic carbocycles. The molecule has 2 aromatic rings. The standard InChI is InChI=1S/C6H4ClN3O.2C6H15N/c7-3-1-8-5-4(3)6(11)10-2-9-5;2*1-4-7(5-2)6-3/h1-2H,(H2,8,9,10,11);2*4-6H2,1-3H3. The van der Waals surface area contributed by atoms with Crippen molar-refractivity contribution >= 4 is 22.6 Å². The molecule has 0 atom stereocenters. The maximum Gasteiger partial charge on any atom is 0.261 e. The fraction of sp³-hybridized carbons (Fsp3) is 0.667. The van der Waals surface area contributed by atoms with Gasteiger partial charge in [-0.25, -0.2) is 4.98 Å². The molecule has 2 aromatic heterocycles. The zero-order valence-electron chi connectivity index (χ0n) is 16.5. The molecule has 2 heterocycles. The van der Waals surface area contributed by atoms with Crippen LogP contribution in [0.5, 0.6) is 0 Å². The lowest BCUT2D eigenvalue weighted by atomic mass is 10.4. The van der Waals surface area contributed by atoms with E-state index in [0.717, 1.165) is 0 Å². The zero-order chi connectivity index (χ0) is 19.2. The van der Waals surface area contributed by atoms with E-state index in [1.165, 1.54) is 51.8 Å². The number of aromatic amines is 2. The van der Waals surface area contributed by atoms with Crippen LogP contribution >= 0.6 is 11.6 Å². The summed E-state index contributed by atoms with van der Waals surface area (Å²) < 4.78 is 0. The first-order chi connectivity index (χ1) is 12.0. The summed E-state index contributed by atoms with van der Waals surface area (Å²) >= 11 is 5.69. The van der Waals surface area contributed by atoms with Crippen molar-refractivity contribution in [2.24, 2.45) is 0 Å². The van der Waals surface area contributed by atoms with Gasteiger partial charge in [0.1, 0.15) is 11.0 Å². The third-order valence-electron chi connectivity index (χ3n) is 4.11. The van der Waals surface area contributed by atoms with E-state index in [1.54, 1.807) is 0 Å². The average Bonchev–Trinajstić information content (AvgIpc) is 3.02. The van der Waals surface area contributed by atoms with Crippen LogP contribution in [0.3, 0.4) is 0 Å². The number of rotatable bonds is 6. The summed E-state index contributed by atoms with van der Waals surface area (Å²) in [6.07, 6.45) is 2.87. The van der Waals surface area contributed by atoms with Crippen LogP contribution in [0.2, 0.25) is 5.02 Å². The van der Waals surface area contributed by atoms with E-state index in [-0.39, 0.29) is 5.56 Å². The maximum absolute atomic E-state index is 11.1. The van der Waals surface area contributed by atoms with Gasteiger partial charge < -0.3 is 19.8 Å². The van der Waals surface area contributed by atoms with Crippen LogP contribution < -0.4 is 5.56 Å². The van der Waals surface area contributed by atoms with Crippen molar-refractivity contribution in [3.8, 4) is 0 Å². The highest BCUT2D eigenvalue weighted by atomic mass is 35.5. The summed E-state index contributed by atoms with van der Waals surface area (Å²) in [7, 11) is 0. The summed E-state index contributed by atoms with van der Waals surface area (Å²) in [6.45, 7) is 20.2. The van der Waals surface area contributed by atoms with Crippen LogP contribution in [-0.4, -0.2) is 64.0 Å². The van der Waals surface area contributed by atoms with Gasteiger partial charge in [0.25, 0.3) is 5.56 Å². The highest BCUT2D eigenvalue weighted by molar-refractivity contribution is 6.35. The molecular weight excluding hydrogens is 338 g/mol. The quantitative estimate of drug-likeness (QED) is 0.814. The van der Waals surface area contributed by atoms with Gasteiger partial charge in [-0.15, -0.1) is 0 Å². The maximum atomic E-state index is 11.1. The topological polar surface area (TPSA) is 68.0 Å². The Morgan fingerprint density at radius 3 is 1.64 bits per heavy atom. The smallest absolute Gasteiger partial charge is 0.261 e. The van der Waals surface area contributed by atoms with E-state index in [0.29, 0.717) is 16.1 Å². The minimum Gasteiger partial charge on any atom is -0.344 e. The molecule has 0 spiro atoms. The largest absolute Gasteiger partial charge is 0.344 e. The average molecular weight is 372 g/mol. The number of hydrogen-bond acceptors (Lipinski definition) is 4. The Balaban J connectivity index is 0.000000366. The Labute approximate surface area is 156 Å². The molecule has 0 radical (unpaired) electrons. The molecule has 0 unspecified atom stereocenters. The first kappa shape index (κ1) is 23.6. The second-order valence-electron chi connectivity index (χ2n) is 5.33. The van der Waals surface area contributed by atoms with Gasteiger partial charge >= 0.3 is 0 Å². The summed E-state index contributed by atoms with van der Waals surface area (Å²) in [4.78, 5) is 24.9. The molecule has 6 nitrogen and oxygen atoms in total. The number of nitrogens with zero attached hydrogens (tertiary/aromatic N) is 3. The number of aromatic nitrogens is 3. The Morgan fingerprint density at radius 1 is 0.880 bits per heavy atom. The van der Waals surface area contributed by atoms with Crippen molar-refractivity contribution in [1.82, 2.24) is 24.8 Å². The van der Waals surface area contributed by atoms with Crippen LogP contribution in [-0.2, 0) is 0 Å². The lowest BCUT2D eigenvalue weighted by Gasteiger charge is -2.13. The van der Waals surface area contributed by atoms with Crippen LogP contribution in [0.4, 0.5) is 0 Å². The lowest BCUT2D eigenvalue weighted by Crippen LogP contribution is -2.21. The van der Waals surface area contributed by atoms with Crippen molar-refractivity contribution in [3.05, 3.63) is 27.9 Å². The molecule has 0 aliphatic heterocycles. The number of H-pyrrole nitrogens is 2. The van der Waals surface area contributed by atoms with Crippen molar-refractivity contribution in [3.63, 3.8) is 0 Å². The van der Waals surface area contributed by atoms with Crippen LogP contribution in [0.15, 0.2) is 17.3 Å². The van der Waals surface area contributed by atoms with E-state index in [9.17, 15) is 4.79 Å². The lowest BCUT2D eigenvalue weighted by molar-refractivity contribution is 0.321. The van der Waals surface area contributed by atoms with Crippen molar-refractivity contribution in [1.29, 1.82) is 0 Å². The molecule has 0 aliphatic carbocycles. The summed E-state index contributed by atoms with van der Waals surface area (Å²) in [5.74, 6) is 0. The second-order valence-corrected chi connectivity index (χ2v) is 5.74. The minimum atomic E-state index is -0.221. The molecular formula is C18H34ClN5O. The Bertz CT molecular complexity index is 594. The number of hydrogen-bond donors (Lipinski definition) is 2. The van der Waals surface area contributed by atoms with E-state index in [1.807, 2.05) is 0 Å². The molecule has 0 amide bonds. The molecule has 2 rings (SSSR count). The highest BCUT2D eigenvalue weighted by Gasteiger charge is 2.04. The fourth-order valence-corrected chi connectivity index (χ4v) is 2.51. The Hall–Kier alpha value is -1.37. The number of halogens is 1. The zero-order valence-corrected chi connectivity index (χ0v) is 17.3. The Morgan fingerprint density at radius 2 is 1.32 bits per heavy atom. The second kappa shape index (κ2) is 13.9. The van der Waals surface area contributed by atoms with Gasteiger partial charge in [-0.3, -0.25) is 4.79 Å². The highest BCUT2D eigenvalue weighted by Crippen LogP contribution is 2.15. The van der Waals surface area contributed by atoms with E-state index < -0.39 is 0 Å². The summed E-state index contributed by atoms with van der Waals surface area (Å²) in [5, 5.41) is 0.809. The molecule has 0 fully saturated rings. The number of fused-ring (bicyclic) bond motifs is 1. The van der Waals surface area contributed by atoms with Gasteiger partial charge in [0.15, 0.2) is 0 Å². The molecule has 0 saturated carbocycles. The minimum absolute atomic E-state index is 0.221. The predicted molar refractivity (Wildman–Crippen MR) is 109 cm³/mol. The summed E-state index contributed by atoms with van der Waals surface area (Å²) in [5.41, 5.74) is 0.292. The van der Waals surface area contributed by atoms with Crippen molar-refractivity contribution in [2.75, 3.05) is 39.3 Å². The van der Waals surface area contributed by atoms with Crippen LogP contribution in [0.1, 0.15) is 41.5 Å². The van der Waals surface area contributed by atoms with Crippen LogP contribution in [0, 0.1) is 0 Å². The number of nitrogens with one attached hydrogen (secondary N) is 2. The van der Waals surface area contributed by atoms with Gasteiger partial charge in [0.2, 0.25) is 0 Å². The summed E-state index contributed by atoms with van der Waals surface area (Å²) in [6, 6.07) is 0. The van der Waals surface area contributed by atoms with Gasteiger partial charge in [-0.2, -0.15) is 0 Å². The van der Waals surface area contributed by atoms with E-state index >= 15 is 0 Å². The van der Waals surface area contributed by atoms with Crippen molar-refractivity contribution < 1.29 is 0 Å². The normalized spacial score (nSPS) is 10.4. The first-order valence-corrected chi connectivity index (χ1v) is 9.51. The molecule has 144 valence electrons. The molecule has 25 heavy (non-hydrogen) atoms. The van der Waals surface area contributed by atoms with Gasteiger partial charge in [-0.05, 0) is 39.3 Å². The SMILES string of the molecule is CCN(CC)CC.CCN(CC)CC.O=c1[nH]cnc2[nH]cc(Cl)c12. The molecule has 0 bridgehead atoms. The fourth-order valence-electron chi connectivity index (χ4n) is 2.28. The van der Waals surface area contributed by atoms with Crippen molar-refractivity contribution in [2.45, 2.75) is 41.5 Å². The molecule has 0 aliphatic rings. The molecule has 7 heteroatoms. The monoisotopic (exact) mass is 371 g/mol. The Kier molecular flexibility index (Phi) is 13.1. The first-order valence-electron chi connectivity index (χ1n) is 9.13. The van der Waals surface area contributed by atoms with Gasteiger partial charge in [0, 0.05) is 6.20 Å². The molecule has 0 saturated heterocycles.